The van der Waals surface area contributed by atoms with E-state index in [0.717, 1.165) is 24.1 Å². The van der Waals surface area contributed by atoms with E-state index in [2.05, 4.69) is 4.98 Å². The van der Waals surface area contributed by atoms with Crippen LogP contribution in [0.5, 0.6) is 0 Å². The van der Waals surface area contributed by atoms with Crippen molar-refractivity contribution in [3.05, 3.63) is 72.0 Å². The summed E-state index contributed by atoms with van der Waals surface area (Å²) in [7, 11) is 0. The third-order valence-corrected chi connectivity index (χ3v) is 4.49. The zero-order valence-corrected chi connectivity index (χ0v) is 14.4. The second-order valence-corrected chi connectivity index (χ2v) is 6.09. The Morgan fingerprint density at radius 2 is 2.04 bits per heavy atom. The van der Waals surface area contributed by atoms with E-state index in [1.54, 1.807) is 17.4 Å². The van der Waals surface area contributed by atoms with Crippen molar-refractivity contribution < 1.29 is 9.90 Å². The molecule has 1 unspecified atom stereocenters. The highest BCUT2D eigenvalue weighted by atomic mass is 16.3. The molecule has 0 fully saturated rings. The number of carbonyl (C=O) groups is 1. The van der Waals surface area contributed by atoms with Crippen LogP contribution in [0.25, 0.3) is 6.08 Å². The fourth-order valence-corrected chi connectivity index (χ4v) is 3.17. The molecule has 2 aromatic rings. The van der Waals surface area contributed by atoms with E-state index < -0.39 is 0 Å². The quantitative estimate of drug-likeness (QED) is 0.842. The molecular formula is C20H23N3O2. The maximum absolute atomic E-state index is 12.5. The smallest absolute Gasteiger partial charge is 0.289 e. The molecule has 1 N–H and O–H groups in total. The van der Waals surface area contributed by atoms with Crippen LogP contribution in [0.3, 0.4) is 0 Å². The van der Waals surface area contributed by atoms with E-state index in [-0.39, 0.29) is 17.7 Å². The van der Waals surface area contributed by atoms with Gasteiger partial charge in [-0.15, -0.1) is 0 Å². The van der Waals surface area contributed by atoms with Crippen molar-refractivity contribution in [1.29, 1.82) is 0 Å². The van der Waals surface area contributed by atoms with Gasteiger partial charge < -0.3 is 14.6 Å². The van der Waals surface area contributed by atoms with Crippen LogP contribution in [0.4, 0.5) is 0 Å². The number of aliphatic hydroxyl groups excluding tert-OH is 1. The molecule has 0 saturated carbocycles. The van der Waals surface area contributed by atoms with Gasteiger partial charge in [-0.25, -0.2) is 4.98 Å². The third-order valence-electron chi connectivity index (χ3n) is 4.49. The number of amides is 1. The fourth-order valence-electron chi connectivity index (χ4n) is 3.17. The van der Waals surface area contributed by atoms with Crippen LogP contribution in [0.2, 0.25) is 0 Å². The molecule has 0 saturated heterocycles. The first kappa shape index (κ1) is 17.0. The maximum Gasteiger partial charge on any atom is 0.289 e. The predicted octanol–water partition coefficient (Wildman–Crippen LogP) is 3.42. The largest absolute Gasteiger partial charge is 0.503 e. The van der Waals surface area contributed by atoms with Crippen LogP contribution >= 0.6 is 0 Å². The summed E-state index contributed by atoms with van der Waals surface area (Å²) >= 11 is 0. The van der Waals surface area contributed by atoms with E-state index >= 15 is 0 Å². The standard InChI is InChI=1S/C20H23N3O2/c1-2-17-18(10-9-16-7-4-3-5-8-16)23(20(25)19(17)24)13-6-12-22-14-11-21-15-22/h3-5,7-11,14-15,18,24H,2,6,12-13H2,1H3. The molecule has 1 amide bonds. The summed E-state index contributed by atoms with van der Waals surface area (Å²) in [5.74, 6) is -0.363. The number of imidazole rings is 1. The number of benzene rings is 1. The molecule has 3 rings (SSSR count). The summed E-state index contributed by atoms with van der Waals surface area (Å²) in [6.45, 7) is 3.35. The molecule has 5 heteroatoms. The maximum atomic E-state index is 12.5. The van der Waals surface area contributed by atoms with Crippen molar-refractivity contribution >= 4 is 12.0 Å². The number of aliphatic hydroxyl groups is 1. The van der Waals surface area contributed by atoms with Crippen molar-refractivity contribution in [3.8, 4) is 0 Å². The van der Waals surface area contributed by atoms with E-state index in [4.69, 9.17) is 0 Å². The number of nitrogens with zero attached hydrogens (tertiary/aromatic N) is 3. The van der Waals surface area contributed by atoms with E-state index in [9.17, 15) is 9.90 Å². The topological polar surface area (TPSA) is 58.4 Å². The lowest BCUT2D eigenvalue weighted by atomic mass is 10.0. The molecule has 0 spiro atoms. The van der Waals surface area contributed by atoms with Crippen LogP contribution in [-0.2, 0) is 11.3 Å². The van der Waals surface area contributed by atoms with Gasteiger partial charge in [0.05, 0.1) is 12.4 Å². The summed E-state index contributed by atoms with van der Waals surface area (Å²) in [5.41, 5.74) is 1.87. The average Bonchev–Trinajstić information content (AvgIpc) is 3.23. The van der Waals surface area contributed by atoms with Crippen molar-refractivity contribution in [2.75, 3.05) is 6.54 Å². The van der Waals surface area contributed by atoms with Crippen molar-refractivity contribution in [2.45, 2.75) is 32.4 Å². The van der Waals surface area contributed by atoms with Gasteiger partial charge in [0, 0.05) is 31.1 Å². The first-order valence-corrected chi connectivity index (χ1v) is 8.62. The SMILES string of the molecule is CCC1=C(O)C(=O)N(CCCn2ccnc2)C1C=Cc1ccccc1. The van der Waals surface area contributed by atoms with Gasteiger partial charge in [-0.3, -0.25) is 4.79 Å². The highest BCUT2D eigenvalue weighted by molar-refractivity contribution is 5.95. The number of rotatable bonds is 7. The van der Waals surface area contributed by atoms with Gasteiger partial charge in [0.25, 0.3) is 5.91 Å². The lowest BCUT2D eigenvalue weighted by Crippen LogP contribution is -2.35. The van der Waals surface area contributed by atoms with Gasteiger partial charge in [-0.1, -0.05) is 49.4 Å². The average molecular weight is 337 g/mol. The lowest BCUT2D eigenvalue weighted by molar-refractivity contribution is -0.128. The molecule has 25 heavy (non-hydrogen) atoms. The van der Waals surface area contributed by atoms with E-state index in [1.807, 2.05) is 60.2 Å². The molecule has 1 aromatic carbocycles. The van der Waals surface area contributed by atoms with Crippen molar-refractivity contribution in [3.63, 3.8) is 0 Å². The zero-order chi connectivity index (χ0) is 17.6. The lowest BCUT2D eigenvalue weighted by Gasteiger charge is -2.24. The molecule has 2 heterocycles. The minimum atomic E-state index is -0.273. The van der Waals surface area contributed by atoms with Crippen LogP contribution in [0, 0.1) is 0 Å². The van der Waals surface area contributed by atoms with Crippen molar-refractivity contribution in [1.82, 2.24) is 14.5 Å². The van der Waals surface area contributed by atoms with E-state index in [1.165, 1.54) is 0 Å². The molecule has 130 valence electrons. The Balaban J connectivity index is 1.72. The molecule has 0 aliphatic carbocycles. The summed E-state index contributed by atoms with van der Waals surface area (Å²) in [6.07, 6.45) is 10.9. The van der Waals surface area contributed by atoms with Gasteiger partial charge in [0.15, 0.2) is 5.76 Å². The normalized spacial score (nSPS) is 17.9. The minimum absolute atomic E-state index is 0.0900. The van der Waals surface area contributed by atoms with E-state index in [0.29, 0.717) is 13.0 Å². The Labute approximate surface area is 147 Å². The van der Waals surface area contributed by atoms with Crippen LogP contribution in [0.15, 0.2) is 66.5 Å². The van der Waals surface area contributed by atoms with Gasteiger partial charge in [-0.2, -0.15) is 0 Å². The molecule has 5 nitrogen and oxygen atoms in total. The highest BCUT2D eigenvalue weighted by Gasteiger charge is 2.36. The van der Waals surface area contributed by atoms with Gasteiger partial charge >= 0.3 is 0 Å². The molecular weight excluding hydrogens is 314 g/mol. The van der Waals surface area contributed by atoms with Crippen LogP contribution in [-0.4, -0.2) is 38.1 Å². The molecule has 1 aliphatic rings. The minimum Gasteiger partial charge on any atom is -0.503 e. The molecule has 1 aliphatic heterocycles. The first-order valence-electron chi connectivity index (χ1n) is 8.62. The first-order chi connectivity index (χ1) is 12.2. The summed E-state index contributed by atoms with van der Waals surface area (Å²) in [4.78, 5) is 18.2. The summed E-state index contributed by atoms with van der Waals surface area (Å²) in [5, 5.41) is 10.2. The van der Waals surface area contributed by atoms with Gasteiger partial charge in [0.2, 0.25) is 0 Å². The molecule has 1 aromatic heterocycles. The third kappa shape index (κ3) is 3.82. The Morgan fingerprint density at radius 1 is 1.24 bits per heavy atom. The number of hydrogen-bond acceptors (Lipinski definition) is 3. The Hall–Kier alpha value is -2.82. The molecule has 0 radical (unpaired) electrons. The monoisotopic (exact) mass is 337 g/mol. The molecule has 1 atom stereocenters. The van der Waals surface area contributed by atoms with Crippen LogP contribution < -0.4 is 0 Å². The molecule has 0 bridgehead atoms. The predicted molar refractivity (Wildman–Crippen MR) is 97.8 cm³/mol. The number of aryl methyl sites for hydroxylation is 1. The van der Waals surface area contributed by atoms with Gasteiger partial charge in [0.1, 0.15) is 0 Å². The van der Waals surface area contributed by atoms with Crippen molar-refractivity contribution in [2.24, 2.45) is 0 Å². The Morgan fingerprint density at radius 3 is 2.72 bits per heavy atom. The number of aromatic nitrogens is 2. The summed E-state index contributed by atoms with van der Waals surface area (Å²) < 4.78 is 1.99. The highest BCUT2D eigenvalue weighted by Crippen LogP contribution is 2.28. The summed E-state index contributed by atoms with van der Waals surface area (Å²) in [6, 6.07) is 9.80. The number of carbonyl (C=O) groups excluding carboxylic acids is 1. The Bertz CT molecular complexity index is 764. The zero-order valence-electron chi connectivity index (χ0n) is 14.4. The Kier molecular flexibility index (Phi) is 5.33. The fraction of sp³-hybridized carbons (Fsp3) is 0.300. The second-order valence-electron chi connectivity index (χ2n) is 6.09. The van der Waals surface area contributed by atoms with Crippen LogP contribution in [0.1, 0.15) is 25.3 Å². The van der Waals surface area contributed by atoms with Gasteiger partial charge in [-0.05, 0) is 18.4 Å². The number of hydrogen-bond donors (Lipinski definition) is 1. The second kappa shape index (κ2) is 7.83.